The molecule has 0 amide bonds. The first-order valence-electron chi connectivity index (χ1n) is 7.14. The third kappa shape index (κ3) is 11.4. The summed E-state index contributed by atoms with van der Waals surface area (Å²) < 4.78 is 9.73. The second kappa shape index (κ2) is 12.3. The van der Waals surface area contributed by atoms with Crippen LogP contribution in [0, 0.1) is 36.5 Å². The average Bonchev–Trinajstić information content (AvgIpc) is 2.51. The van der Waals surface area contributed by atoms with E-state index in [0.717, 1.165) is 0 Å². The third-order valence-electron chi connectivity index (χ3n) is 2.67. The molecule has 0 saturated carbocycles. The van der Waals surface area contributed by atoms with Crippen molar-refractivity contribution in [2.24, 2.45) is 11.8 Å². The van der Waals surface area contributed by atoms with E-state index in [1.165, 1.54) is 12.5 Å². The summed E-state index contributed by atoms with van der Waals surface area (Å²) in [6.07, 6.45) is 17.8. The van der Waals surface area contributed by atoms with Gasteiger partial charge in [0.15, 0.2) is 0 Å². The molecule has 0 saturated heterocycles. The number of hydrogen-bond donors (Lipinski definition) is 0. The molecule has 0 aliphatic rings. The van der Waals surface area contributed by atoms with E-state index in [-0.39, 0.29) is 36.6 Å². The Balaban J connectivity index is 3.72. The minimum absolute atomic E-state index is 0.0761. The van der Waals surface area contributed by atoms with Crippen LogP contribution in [0.4, 0.5) is 0 Å². The molecule has 0 aliphatic carbocycles. The Kier molecular flexibility index (Phi) is 10.9. The number of unbranched alkanes of at least 4 members (excludes halogenated alkanes) is 1. The quantitative estimate of drug-likeness (QED) is 0.284. The van der Waals surface area contributed by atoms with Gasteiger partial charge in [0.05, 0.1) is 12.5 Å². The van der Waals surface area contributed by atoms with Gasteiger partial charge in [-0.2, -0.15) is 0 Å². The van der Waals surface area contributed by atoms with Gasteiger partial charge in [-0.25, -0.2) is 0 Å². The highest BCUT2D eigenvalue weighted by Gasteiger charge is 2.04. The summed E-state index contributed by atoms with van der Waals surface area (Å²) in [5.41, 5.74) is 0. The van der Waals surface area contributed by atoms with E-state index in [4.69, 9.17) is 22.3 Å². The van der Waals surface area contributed by atoms with Crippen molar-refractivity contribution < 1.29 is 19.1 Å². The summed E-state index contributed by atoms with van der Waals surface area (Å²) in [4.78, 5) is 22.7. The van der Waals surface area contributed by atoms with E-state index >= 15 is 0 Å². The van der Waals surface area contributed by atoms with Gasteiger partial charge in [-0.1, -0.05) is 11.8 Å². The number of carbonyl (C=O) groups is 2. The largest absolute Gasteiger partial charge is 0.435 e. The minimum atomic E-state index is -0.350. The molecule has 4 heteroatoms. The maximum atomic E-state index is 11.4. The number of esters is 2. The Morgan fingerprint density at radius 2 is 1.27 bits per heavy atom. The van der Waals surface area contributed by atoms with Gasteiger partial charge in [0.25, 0.3) is 0 Å². The molecule has 0 aromatic rings. The van der Waals surface area contributed by atoms with Crippen LogP contribution in [0.3, 0.4) is 0 Å². The van der Waals surface area contributed by atoms with Crippen molar-refractivity contribution in [2.75, 3.05) is 0 Å². The van der Waals surface area contributed by atoms with E-state index in [9.17, 15) is 9.59 Å². The molecule has 118 valence electrons. The van der Waals surface area contributed by atoms with Gasteiger partial charge in [0, 0.05) is 24.7 Å². The van der Waals surface area contributed by atoms with Crippen LogP contribution in [-0.2, 0) is 19.1 Å². The van der Waals surface area contributed by atoms with Crippen LogP contribution in [0.25, 0.3) is 0 Å². The smallest absolute Gasteiger partial charge is 0.310 e. The lowest BCUT2D eigenvalue weighted by Gasteiger charge is -2.01. The van der Waals surface area contributed by atoms with Gasteiger partial charge in [-0.05, 0) is 38.8 Å². The summed E-state index contributed by atoms with van der Waals surface area (Å²) in [5.74, 6) is 4.12. The monoisotopic (exact) mass is 302 g/mol. The summed E-state index contributed by atoms with van der Waals surface area (Å²) in [6.45, 7) is 3.63. The molecule has 2 unspecified atom stereocenters. The predicted molar refractivity (Wildman–Crippen MR) is 84.9 cm³/mol. The van der Waals surface area contributed by atoms with Gasteiger partial charge in [0.1, 0.15) is 0 Å². The van der Waals surface area contributed by atoms with Crippen molar-refractivity contribution in [1.29, 1.82) is 0 Å². The van der Waals surface area contributed by atoms with Gasteiger partial charge < -0.3 is 9.47 Å². The highest BCUT2D eigenvalue weighted by atomic mass is 16.5. The zero-order chi connectivity index (χ0) is 16.8. The van der Waals surface area contributed by atoms with Crippen LogP contribution in [0.15, 0.2) is 24.7 Å². The average molecular weight is 302 g/mol. The van der Waals surface area contributed by atoms with Crippen molar-refractivity contribution in [3.63, 3.8) is 0 Å². The predicted octanol–water partition coefficient (Wildman–Crippen LogP) is 3.20. The number of carbonyl (C=O) groups excluding carboxylic acids is 2. The summed E-state index contributed by atoms with van der Waals surface area (Å²) in [5, 5.41) is 0. The molecule has 0 bridgehead atoms. The summed E-state index contributed by atoms with van der Waals surface area (Å²) >= 11 is 0. The number of rotatable bonds is 9. The maximum Gasteiger partial charge on any atom is 0.310 e. The minimum Gasteiger partial charge on any atom is -0.435 e. The lowest BCUT2D eigenvalue weighted by atomic mass is 10.2. The molecule has 2 atom stereocenters. The van der Waals surface area contributed by atoms with Gasteiger partial charge in [-0.15, -0.1) is 12.8 Å². The standard InChI is InChI=1S/C18H22O4/c1-5-15(3)11-13-21-17(19)9-7-8-10-18(20)22-14-12-16(4)6-2/h1-2,11-16H,7-10H2,3-4H3. The SMILES string of the molecule is C#CC(C)C=COC(=O)CCCCC(=O)OC=CC(C)C#C. The molecular formula is C18H22O4. The number of terminal acetylenes is 2. The fourth-order valence-electron chi connectivity index (χ4n) is 1.23. The summed E-state index contributed by atoms with van der Waals surface area (Å²) in [7, 11) is 0. The van der Waals surface area contributed by atoms with E-state index in [2.05, 4.69) is 11.8 Å². The second-order valence-corrected chi connectivity index (χ2v) is 4.75. The van der Waals surface area contributed by atoms with Crippen LogP contribution in [0.2, 0.25) is 0 Å². The normalized spacial score (nSPS) is 13.3. The second-order valence-electron chi connectivity index (χ2n) is 4.75. The molecule has 22 heavy (non-hydrogen) atoms. The number of hydrogen-bond acceptors (Lipinski definition) is 4. The molecule has 4 nitrogen and oxygen atoms in total. The first-order valence-corrected chi connectivity index (χ1v) is 7.14. The number of allylic oxidation sites excluding steroid dienone is 2. The van der Waals surface area contributed by atoms with E-state index in [1.54, 1.807) is 12.2 Å². The zero-order valence-corrected chi connectivity index (χ0v) is 13.1. The van der Waals surface area contributed by atoms with E-state index < -0.39 is 0 Å². The Hall–Kier alpha value is -2.46. The molecular weight excluding hydrogens is 280 g/mol. The van der Waals surface area contributed by atoms with Crippen molar-refractivity contribution in [3.05, 3.63) is 24.7 Å². The first-order chi connectivity index (χ1) is 10.5. The van der Waals surface area contributed by atoms with Gasteiger partial charge in [-0.3, -0.25) is 9.59 Å². The highest BCUT2D eigenvalue weighted by molar-refractivity contribution is 5.71. The van der Waals surface area contributed by atoms with Crippen molar-refractivity contribution in [2.45, 2.75) is 39.5 Å². The Bertz CT molecular complexity index is 442. The van der Waals surface area contributed by atoms with E-state index in [0.29, 0.717) is 12.8 Å². The molecule has 0 N–H and O–H groups in total. The molecule has 0 fully saturated rings. The maximum absolute atomic E-state index is 11.4. The fraction of sp³-hybridized carbons (Fsp3) is 0.444. The molecule has 0 spiro atoms. The fourth-order valence-corrected chi connectivity index (χ4v) is 1.23. The van der Waals surface area contributed by atoms with Crippen LogP contribution >= 0.6 is 0 Å². The molecule has 0 aliphatic heterocycles. The van der Waals surface area contributed by atoms with Gasteiger partial charge in [0.2, 0.25) is 0 Å². The topological polar surface area (TPSA) is 52.6 Å². The summed E-state index contributed by atoms with van der Waals surface area (Å²) in [6, 6.07) is 0. The molecule has 0 rings (SSSR count). The van der Waals surface area contributed by atoms with Crippen LogP contribution in [0.1, 0.15) is 39.5 Å². The van der Waals surface area contributed by atoms with Gasteiger partial charge >= 0.3 is 11.9 Å². The van der Waals surface area contributed by atoms with Crippen LogP contribution < -0.4 is 0 Å². The first kappa shape index (κ1) is 19.5. The van der Waals surface area contributed by atoms with Crippen LogP contribution in [0.5, 0.6) is 0 Å². The van der Waals surface area contributed by atoms with E-state index in [1.807, 2.05) is 13.8 Å². The molecule has 0 aromatic heterocycles. The molecule has 0 radical (unpaired) electrons. The number of ether oxygens (including phenoxy) is 2. The zero-order valence-electron chi connectivity index (χ0n) is 13.1. The Labute approximate surface area is 132 Å². The van der Waals surface area contributed by atoms with Crippen molar-refractivity contribution in [1.82, 2.24) is 0 Å². The third-order valence-corrected chi connectivity index (χ3v) is 2.67. The lowest BCUT2D eigenvalue weighted by molar-refractivity contribution is -0.140. The molecule has 0 aromatic carbocycles. The van der Waals surface area contributed by atoms with Crippen molar-refractivity contribution >= 4 is 11.9 Å². The van der Waals surface area contributed by atoms with Crippen molar-refractivity contribution in [3.8, 4) is 24.7 Å². The Morgan fingerprint density at radius 1 is 0.909 bits per heavy atom. The van der Waals surface area contributed by atoms with Crippen LogP contribution in [-0.4, -0.2) is 11.9 Å². The highest BCUT2D eigenvalue weighted by Crippen LogP contribution is 2.04. The molecule has 0 heterocycles. The lowest BCUT2D eigenvalue weighted by Crippen LogP contribution is -2.02. The Morgan fingerprint density at radius 3 is 1.59 bits per heavy atom.